The lowest BCUT2D eigenvalue weighted by molar-refractivity contribution is -0.0670. The topological polar surface area (TPSA) is 53.6 Å². The normalized spacial score (nSPS) is 21.1. The molecule has 1 fully saturated rings. The monoisotopic (exact) mass is 520 g/mol. The van der Waals surface area contributed by atoms with Gasteiger partial charge in [0.15, 0.2) is 6.67 Å². The Labute approximate surface area is 213 Å². The Kier molecular flexibility index (Phi) is 7.31. The van der Waals surface area contributed by atoms with Crippen LogP contribution in [0.3, 0.4) is 0 Å². The van der Waals surface area contributed by atoms with Crippen molar-refractivity contribution >= 4 is 10.9 Å². The van der Waals surface area contributed by atoms with Gasteiger partial charge in [0.1, 0.15) is 18.1 Å². The summed E-state index contributed by atoms with van der Waals surface area (Å²) in [6.45, 7) is 1.78. The highest BCUT2D eigenvalue weighted by Gasteiger charge is 2.42. The molecule has 2 aromatic carbocycles. The Hall–Kier alpha value is -2.85. The number of nitrogens with one attached hydrogen (secondary N) is 1. The fraction of sp³-hybridized carbons (Fsp3) is 0.519. The maximum atomic E-state index is 14.4. The van der Waals surface area contributed by atoms with Crippen molar-refractivity contribution in [3.63, 3.8) is 0 Å². The highest BCUT2D eigenvalue weighted by molar-refractivity contribution is 5.83. The fourth-order valence-electron chi connectivity index (χ4n) is 5.58. The molecule has 2 atom stereocenters. The second kappa shape index (κ2) is 10.5. The molecule has 0 spiro atoms. The van der Waals surface area contributed by atoms with Crippen LogP contribution < -0.4 is 9.47 Å². The van der Waals surface area contributed by atoms with Gasteiger partial charge in [0.2, 0.25) is 0 Å². The number of alkyl halides is 4. The van der Waals surface area contributed by atoms with E-state index in [1.807, 2.05) is 25.1 Å². The van der Waals surface area contributed by atoms with Crippen LogP contribution in [-0.2, 0) is 6.42 Å². The summed E-state index contributed by atoms with van der Waals surface area (Å²) >= 11 is 0. The van der Waals surface area contributed by atoms with Crippen LogP contribution in [0.5, 0.6) is 11.5 Å². The number of rotatable bonds is 10. The number of likely N-dealkylation sites (tertiary alicyclic amines) is 1. The predicted molar refractivity (Wildman–Crippen MR) is 133 cm³/mol. The van der Waals surface area contributed by atoms with Gasteiger partial charge in [0, 0.05) is 48.6 Å². The minimum atomic E-state index is -3.47. The largest absolute Gasteiger partial charge is 0.496 e. The molecule has 0 aliphatic carbocycles. The Bertz CT molecular complexity index is 1230. The first-order valence-electron chi connectivity index (χ1n) is 12.6. The fourth-order valence-corrected chi connectivity index (χ4v) is 5.58. The lowest BCUT2D eigenvalue weighted by Crippen LogP contribution is -2.49. The zero-order valence-corrected chi connectivity index (χ0v) is 21.0. The van der Waals surface area contributed by atoms with Crippen molar-refractivity contribution in [2.75, 3.05) is 53.2 Å². The Morgan fingerprint density at radius 3 is 2.65 bits per heavy atom. The number of aromatic amines is 1. The zero-order chi connectivity index (χ0) is 26.2. The van der Waals surface area contributed by atoms with E-state index in [2.05, 4.69) is 15.1 Å². The van der Waals surface area contributed by atoms with Crippen LogP contribution in [0.25, 0.3) is 10.9 Å². The molecule has 37 heavy (non-hydrogen) atoms. The summed E-state index contributed by atoms with van der Waals surface area (Å²) in [7, 11) is 1.53. The zero-order valence-electron chi connectivity index (χ0n) is 21.0. The summed E-state index contributed by atoms with van der Waals surface area (Å²) in [6, 6.07) is 8.37. The molecule has 6 nitrogen and oxygen atoms in total. The van der Waals surface area contributed by atoms with Gasteiger partial charge in [0.05, 0.1) is 38.1 Å². The number of H-pyrrole nitrogens is 1. The number of methoxy groups -OCH3 is 1. The minimum absolute atomic E-state index is 0.121. The second-order valence-corrected chi connectivity index (χ2v) is 10.1. The Morgan fingerprint density at radius 2 is 1.92 bits per heavy atom. The van der Waals surface area contributed by atoms with E-state index in [-0.39, 0.29) is 18.6 Å². The number of benzene rings is 2. The van der Waals surface area contributed by atoms with Crippen LogP contribution in [0.1, 0.15) is 29.7 Å². The van der Waals surface area contributed by atoms with Crippen LogP contribution in [0.15, 0.2) is 36.5 Å². The van der Waals surface area contributed by atoms with E-state index >= 15 is 0 Å². The van der Waals surface area contributed by atoms with Gasteiger partial charge in [-0.1, -0.05) is 6.07 Å². The number of hydrogen-bond donors (Lipinski definition) is 1. The van der Waals surface area contributed by atoms with Gasteiger partial charge in [-0.15, -0.1) is 0 Å². The lowest BCUT2D eigenvalue weighted by Gasteiger charge is -2.43. The average molecular weight is 521 g/mol. The van der Waals surface area contributed by atoms with Crippen molar-refractivity contribution < 1.29 is 27.0 Å². The van der Waals surface area contributed by atoms with Crippen molar-refractivity contribution in [3.8, 4) is 11.5 Å². The third-order valence-corrected chi connectivity index (χ3v) is 7.50. The summed E-state index contributed by atoms with van der Waals surface area (Å²) in [5, 5.41) is 8.08. The van der Waals surface area contributed by atoms with Gasteiger partial charge >= 0.3 is 0 Å². The molecule has 2 aliphatic heterocycles. The minimum Gasteiger partial charge on any atom is -0.496 e. The molecule has 1 saturated heterocycles. The number of fused-ring (bicyclic) bond motifs is 3. The lowest BCUT2D eigenvalue weighted by atomic mass is 9.83. The summed E-state index contributed by atoms with van der Waals surface area (Å²) in [5.41, 5.74) is 3.48. The van der Waals surface area contributed by atoms with Crippen LogP contribution in [0.4, 0.5) is 17.6 Å². The first-order chi connectivity index (χ1) is 17.8. The van der Waals surface area contributed by atoms with E-state index < -0.39 is 25.2 Å². The average Bonchev–Trinajstić information content (AvgIpc) is 3.35. The molecule has 2 aliphatic rings. The molecular weight excluding hydrogens is 488 g/mol. The van der Waals surface area contributed by atoms with Crippen molar-refractivity contribution in [2.24, 2.45) is 5.92 Å². The third kappa shape index (κ3) is 5.13. The molecule has 1 aromatic heterocycles. The first-order valence-corrected chi connectivity index (χ1v) is 12.6. The molecule has 1 N–H and O–H groups in total. The van der Waals surface area contributed by atoms with Gasteiger partial charge in [-0.05, 0) is 42.7 Å². The molecule has 10 heteroatoms. The second-order valence-electron chi connectivity index (χ2n) is 10.1. The number of halogens is 4. The molecule has 0 bridgehead atoms. The third-order valence-electron chi connectivity index (χ3n) is 7.50. The van der Waals surface area contributed by atoms with Crippen molar-refractivity contribution in [2.45, 2.75) is 31.4 Å². The summed E-state index contributed by atoms with van der Waals surface area (Å²) in [4.78, 5) is 3.80. The van der Waals surface area contributed by atoms with Crippen molar-refractivity contribution in [1.29, 1.82) is 0 Å². The standard InChI is InChI=1S/C27H32F4N4O2/c1-17-9-22-20(5-6-24-23(22)12-32-33-24)26(35(17)16-27(30,31)15-29)21-4-3-19(10-25(21)36-2)37-8-7-34-13-18(11-28)14-34/h3-6,10,12,17-18,26H,7-9,11,13-16H2,1-2H3,(H,32,33)/t17-,26+/m1/s1. The number of ether oxygens (including phenoxy) is 2. The van der Waals surface area contributed by atoms with E-state index in [4.69, 9.17) is 9.47 Å². The van der Waals surface area contributed by atoms with E-state index in [1.165, 1.54) is 7.11 Å². The predicted octanol–water partition coefficient (Wildman–Crippen LogP) is 4.79. The maximum absolute atomic E-state index is 14.4. The van der Waals surface area contributed by atoms with Crippen molar-refractivity contribution in [1.82, 2.24) is 20.0 Å². The van der Waals surface area contributed by atoms with Crippen LogP contribution in [-0.4, -0.2) is 85.2 Å². The van der Waals surface area contributed by atoms with Crippen molar-refractivity contribution in [3.05, 3.63) is 53.2 Å². The van der Waals surface area contributed by atoms with Gasteiger partial charge in [-0.25, -0.2) is 13.2 Å². The molecular formula is C27H32F4N4O2. The van der Waals surface area contributed by atoms with E-state index in [0.29, 0.717) is 36.6 Å². The summed E-state index contributed by atoms with van der Waals surface area (Å²) in [5.74, 6) is -2.25. The molecule has 0 unspecified atom stereocenters. The smallest absolute Gasteiger partial charge is 0.288 e. The maximum Gasteiger partial charge on any atom is 0.288 e. The number of nitrogens with zero attached hydrogens (tertiary/aromatic N) is 3. The van der Waals surface area contributed by atoms with Gasteiger partial charge in [-0.3, -0.25) is 19.3 Å². The van der Waals surface area contributed by atoms with E-state index in [1.54, 1.807) is 23.2 Å². The Morgan fingerprint density at radius 1 is 1.14 bits per heavy atom. The van der Waals surface area contributed by atoms with Gasteiger partial charge < -0.3 is 9.47 Å². The molecule has 200 valence electrons. The molecule has 5 rings (SSSR count). The SMILES string of the molecule is COc1cc(OCCN2CC(CF)C2)ccc1[C@@H]1c2ccc3[nH]ncc3c2C[C@@H](C)N1CC(F)(F)CF. The summed E-state index contributed by atoms with van der Waals surface area (Å²) < 4.78 is 66.3. The van der Waals surface area contributed by atoms with Crippen LogP contribution >= 0.6 is 0 Å². The highest BCUT2D eigenvalue weighted by atomic mass is 19.3. The summed E-state index contributed by atoms with van der Waals surface area (Å²) in [6.07, 6.45) is 2.29. The quantitative estimate of drug-likeness (QED) is 0.390. The Balaban J connectivity index is 1.46. The van der Waals surface area contributed by atoms with Gasteiger partial charge in [0.25, 0.3) is 5.92 Å². The molecule has 0 saturated carbocycles. The number of aromatic nitrogens is 2. The van der Waals surface area contributed by atoms with Crippen LogP contribution in [0.2, 0.25) is 0 Å². The number of hydrogen-bond acceptors (Lipinski definition) is 5. The van der Waals surface area contributed by atoms with E-state index in [0.717, 1.165) is 35.1 Å². The molecule has 0 radical (unpaired) electrons. The first kappa shape index (κ1) is 25.8. The molecule has 3 aromatic rings. The molecule has 3 heterocycles. The van der Waals surface area contributed by atoms with Gasteiger partial charge in [-0.2, -0.15) is 5.10 Å². The van der Waals surface area contributed by atoms with E-state index in [9.17, 15) is 17.6 Å². The molecule has 0 amide bonds. The highest BCUT2D eigenvalue weighted by Crippen LogP contribution is 2.45. The van der Waals surface area contributed by atoms with Crippen LogP contribution in [0, 0.1) is 5.92 Å².